The van der Waals surface area contributed by atoms with E-state index < -0.39 is 0 Å². The molecule has 1 N–H and O–H groups in total. The fourth-order valence-corrected chi connectivity index (χ4v) is 5.58. The molecular formula is C23H25N3O3. The van der Waals surface area contributed by atoms with Gasteiger partial charge in [0.05, 0.1) is 29.6 Å². The van der Waals surface area contributed by atoms with Crippen LogP contribution in [0, 0.1) is 30.1 Å². The van der Waals surface area contributed by atoms with E-state index in [4.69, 9.17) is 9.15 Å². The highest BCUT2D eigenvalue weighted by Crippen LogP contribution is 2.54. The molecule has 3 aliphatic heterocycles. The van der Waals surface area contributed by atoms with Gasteiger partial charge >= 0.3 is 0 Å². The van der Waals surface area contributed by atoms with E-state index in [1.165, 1.54) is 0 Å². The number of ether oxygens (including phenoxy) is 1. The molecule has 4 heterocycles. The molecule has 150 valence electrons. The number of fused-ring (bicyclic) bond motifs is 1. The third-order valence-corrected chi connectivity index (χ3v) is 6.95. The van der Waals surface area contributed by atoms with Gasteiger partial charge in [0.15, 0.2) is 5.76 Å². The molecule has 2 bridgehead atoms. The van der Waals surface area contributed by atoms with Crippen LogP contribution in [0.3, 0.4) is 0 Å². The number of furan rings is 1. The molecule has 4 atom stereocenters. The first-order valence-corrected chi connectivity index (χ1v) is 10.3. The van der Waals surface area contributed by atoms with Crippen LogP contribution in [-0.2, 0) is 11.3 Å². The molecule has 3 saturated heterocycles. The van der Waals surface area contributed by atoms with Gasteiger partial charge in [-0.3, -0.25) is 9.69 Å². The van der Waals surface area contributed by atoms with Gasteiger partial charge in [-0.05, 0) is 37.5 Å². The topological polar surface area (TPSA) is 78.5 Å². The SMILES string of the molecule is Cc1ccoc1C(=O)NC[C@H]1[C@H]2CN(Cc3ccccc3C#N)C[C@]23CC[C@H]1O3. The fraction of sp³-hybridized carbons (Fsp3) is 0.478. The predicted molar refractivity (Wildman–Crippen MR) is 106 cm³/mol. The van der Waals surface area contributed by atoms with Crippen molar-refractivity contribution in [3.63, 3.8) is 0 Å². The average Bonchev–Trinajstić information content (AvgIpc) is 3.47. The molecule has 6 heteroatoms. The molecule has 0 saturated carbocycles. The van der Waals surface area contributed by atoms with E-state index in [0.717, 1.165) is 49.2 Å². The zero-order valence-electron chi connectivity index (χ0n) is 16.6. The van der Waals surface area contributed by atoms with Gasteiger partial charge in [0, 0.05) is 43.6 Å². The number of aryl methyl sites for hydroxylation is 1. The van der Waals surface area contributed by atoms with Gasteiger partial charge in [0.1, 0.15) is 0 Å². The van der Waals surface area contributed by atoms with Crippen LogP contribution < -0.4 is 5.32 Å². The monoisotopic (exact) mass is 391 g/mol. The molecule has 2 aromatic rings. The lowest BCUT2D eigenvalue weighted by Crippen LogP contribution is -2.41. The second-order valence-corrected chi connectivity index (χ2v) is 8.61. The first kappa shape index (κ1) is 18.4. The van der Waals surface area contributed by atoms with E-state index in [-0.39, 0.29) is 17.6 Å². The third kappa shape index (κ3) is 3.06. The molecule has 0 radical (unpaired) electrons. The van der Waals surface area contributed by atoms with Crippen molar-refractivity contribution in [3.05, 3.63) is 59.0 Å². The Hall–Kier alpha value is -2.62. The molecule has 29 heavy (non-hydrogen) atoms. The number of likely N-dealkylation sites (tertiary alicyclic amines) is 1. The zero-order valence-corrected chi connectivity index (χ0v) is 16.6. The Kier molecular flexibility index (Phi) is 4.45. The first-order valence-electron chi connectivity index (χ1n) is 10.3. The van der Waals surface area contributed by atoms with E-state index in [0.29, 0.717) is 24.1 Å². The van der Waals surface area contributed by atoms with Gasteiger partial charge in [-0.15, -0.1) is 0 Å². The minimum atomic E-state index is -0.151. The van der Waals surface area contributed by atoms with Gasteiger partial charge in [0.25, 0.3) is 5.91 Å². The lowest BCUT2D eigenvalue weighted by Gasteiger charge is -2.29. The van der Waals surface area contributed by atoms with Crippen LogP contribution in [0.25, 0.3) is 0 Å². The number of nitrogens with one attached hydrogen (secondary N) is 1. The van der Waals surface area contributed by atoms with Crippen molar-refractivity contribution in [2.45, 2.75) is 38.0 Å². The van der Waals surface area contributed by atoms with E-state index in [1.807, 2.05) is 31.2 Å². The zero-order chi connectivity index (χ0) is 20.0. The summed E-state index contributed by atoms with van der Waals surface area (Å²) in [6, 6.07) is 11.9. The quantitative estimate of drug-likeness (QED) is 0.848. The Morgan fingerprint density at radius 3 is 3.03 bits per heavy atom. The van der Waals surface area contributed by atoms with Crippen molar-refractivity contribution in [2.75, 3.05) is 19.6 Å². The Morgan fingerprint density at radius 2 is 2.24 bits per heavy atom. The molecule has 3 fully saturated rings. The van der Waals surface area contributed by atoms with Crippen LogP contribution in [0.4, 0.5) is 0 Å². The number of hydrogen-bond donors (Lipinski definition) is 1. The summed E-state index contributed by atoms with van der Waals surface area (Å²) < 4.78 is 11.8. The van der Waals surface area contributed by atoms with Crippen LogP contribution >= 0.6 is 0 Å². The van der Waals surface area contributed by atoms with Crippen molar-refractivity contribution >= 4 is 5.91 Å². The number of nitriles is 1. The number of nitrogens with zero attached hydrogens (tertiary/aromatic N) is 2. The lowest BCUT2D eigenvalue weighted by atomic mass is 9.73. The van der Waals surface area contributed by atoms with Crippen LogP contribution in [0.15, 0.2) is 41.0 Å². The average molecular weight is 391 g/mol. The van der Waals surface area contributed by atoms with Crippen LogP contribution in [0.2, 0.25) is 0 Å². The highest BCUT2D eigenvalue weighted by Gasteiger charge is 2.62. The van der Waals surface area contributed by atoms with Gasteiger partial charge in [-0.2, -0.15) is 5.26 Å². The number of benzene rings is 1. The van der Waals surface area contributed by atoms with Crippen LogP contribution in [-0.4, -0.2) is 42.1 Å². The van der Waals surface area contributed by atoms with Gasteiger partial charge in [-0.1, -0.05) is 18.2 Å². The van der Waals surface area contributed by atoms with Crippen molar-refractivity contribution < 1.29 is 13.9 Å². The minimum absolute atomic E-state index is 0.0950. The number of rotatable bonds is 5. The Bertz CT molecular complexity index is 978. The molecule has 0 unspecified atom stereocenters. The lowest BCUT2D eigenvalue weighted by molar-refractivity contribution is 0.00211. The second kappa shape index (κ2) is 7.01. The maximum atomic E-state index is 12.5. The molecule has 1 aromatic carbocycles. The molecule has 6 nitrogen and oxygen atoms in total. The van der Waals surface area contributed by atoms with E-state index in [1.54, 1.807) is 12.3 Å². The maximum absolute atomic E-state index is 12.5. The summed E-state index contributed by atoms with van der Waals surface area (Å²) in [5.74, 6) is 0.972. The highest BCUT2D eigenvalue weighted by atomic mass is 16.5. The van der Waals surface area contributed by atoms with E-state index >= 15 is 0 Å². The summed E-state index contributed by atoms with van der Waals surface area (Å²) in [4.78, 5) is 14.9. The smallest absolute Gasteiger partial charge is 0.287 e. The summed E-state index contributed by atoms with van der Waals surface area (Å²) in [5, 5.41) is 12.4. The van der Waals surface area contributed by atoms with Gasteiger partial charge < -0.3 is 14.5 Å². The Labute approximate surface area is 170 Å². The Morgan fingerprint density at radius 1 is 1.38 bits per heavy atom. The summed E-state index contributed by atoms with van der Waals surface area (Å²) >= 11 is 0. The minimum Gasteiger partial charge on any atom is -0.459 e. The van der Waals surface area contributed by atoms with Crippen molar-refractivity contribution in [3.8, 4) is 6.07 Å². The third-order valence-electron chi connectivity index (χ3n) is 6.95. The standard InChI is InChI=1S/C23H25N3O3/c1-15-7-9-28-21(15)22(27)25-11-18-19-13-26(14-23(19)8-6-20(18)29-23)12-17-5-3-2-4-16(17)10-24/h2-5,7,9,18-20H,6,8,11-14H2,1H3,(H,25,27)/t18-,19+,20+,23+/m0/s1. The largest absolute Gasteiger partial charge is 0.459 e. The fourth-order valence-electron chi connectivity index (χ4n) is 5.58. The van der Waals surface area contributed by atoms with E-state index in [9.17, 15) is 10.1 Å². The Balaban J connectivity index is 1.27. The molecule has 3 aliphatic rings. The van der Waals surface area contributed by atoms with Crippen molar-refractivity contribution in [1.29, 1.82) is 5.26 Å². The number of hydrogen-bond acceptors (Lipinski definition) is 5. The van der Waals surface area contributed by atoms with Crippen LogP contribution in [0.1, 0.15) is 40.1 Å². The normalized spacial score (nSPS) is 30.3. The highest BCUT2D eigenvalue weighted by molar-refractivity contribution is 5.92. The molecule has 1 spiro atoms. The number of carbonyl (C=O) groups excluding carboxylic acids is 1. The summed E-state index contributed by atoms with van der Waals surface area (Å²) in [6.07, 6.45) is 3.92. The second-order valence-electron chi connectivity index (χ2n) is 8.61. The summed E-state index contributed by atoms with van der Waals surface area (Å²) in [6.45, 7) is 5.09. The first-order chi connectivity index (χ1) is 14.1. The molecule has 0 aliphatic carbocycles. The molecule has 1 amide bonds. The van der Waals surface area contributed by atoms with Gasteiger partial charge in [0.2, 0.25) is 0 Å². The molecule has 1 aromatic heterocycles. The molecule has 5 rings (SSSR count). The maximum Gasteiger partial charge on any atom is 0.287 e. The number of amides is 1. The van der Waals surface area contributed by atoms with Crippen molar-refractivity contribution in [2.24, 2.45) is 11.8 Å². The van der Waals surface area contributed by atoms with Crippen molar-refractivity contribution in [1.82, 2.24) is 10.2 Å². The summed E-state index contributed by atoms with van der Waals surface area (Å²) in [5.41, 5.74) is 2.57. The predicted octanol–water partition coefficient (Wildman–Crippen LogP) is 2.87. The van der Waals surface area contributed by atoms with Gasteiger partial charge in [-0.25, -0.2) is 0 Å². The summed E-state index contributed by atoms with van der Waals surface area (Å²) in [7, 11) is 0. The molecular weight excluding hydrogens is 366 g/mol. The number of carbonyl (C=O) groups is 1. The van der Waals surface area contributed by atoms with E-state index in [2.05, 4.69) is 16.3 Å². The van der Waals surface area contributed by atoms with Crippen LogP contribution in [0.5, 0.6) is 0 Å².